The molecule has 0 atom stereocenters. The summed E-state index contributed by atoms with van der Waals surface area (Å²) in [5.74, 6) is -2.63. The van der Waals surface area contributed by atoms with Crippen molar-refractivity contribution < 1.29 is 19.8 Å². The van der Waals surface area contributed by atoms with Gasteiger partial charge in [-0.1, -0.05) is 0 Å². The van der Waals surface area contributed by atoms with Crippen molar-refractivity contribution in [1.29, 1.82) is 0 Å². The van der Waals surface area contributed by atoms with E-state index in [1.807, 2.05) is 0 Å². The molecule has 0 aliphatic rings. The van der Waals surface area contributed by atoms with Crippen molar-refractivity contribution >= 4 is 11.9 Å². The monoisotopic (exact) mass is 169 g/mol. The van der Waals surface area contributed by atoms with Crippen LogP contribution in [-0.2, 0) is 0 Å². The average molecular weight is 169 g/mol. The number of aromatic nitrogens is 1. The maximum Gasteiger partial charge on any atom is 0.355 e. The summed E-state index contributed by atoms with van der Waals surface area (Å²) in [6.45, 7) is 0. The second kappa shape index (κ2) is 3.00. The largest absolute Gasteiger partial charge is 0.478 e. The van der Waals surface area contributed by atoms with Crippen LogP contribution in [-0.4, -0.2) is 27.1 Å². The Hall–Kier alpha value is -1.91. The zero-order valence-electron chi connectivity index (χ0n) is 5.89. The van der Waals surface area contributed by atoms with Crippen molar-refractivity contribution in [3.63, 3.8) is 0 Å². The fourth-order valence-corrected chi connectivity index (χ4v) is 0.748. The van der Waals surface area contributed by atoms with Gasteiger partial charge in [0.25, 0.3) is 0 Å². The van der Waals surface area contributed by atoms with E-state index in [0.717, 1.165) is 0 Å². The molecule has 0 aliphatic heterocycles. The van der Waals surface area contributed by atoms with Crippen molar-refractivity contribution in [2.24, 2.45) is 0 Å². The molecule has 0 saturated heterocycles. The minimum absolute atomic E-state index is 0.301. The van der Waals surface area contributed by atoms with Crippen LogP contribution in [0.15, 0.2) is 18.3 Å². The van der Waals surface area contributed by atoms with Crippen LogP contribution in [0.5, 0.6) is 0 Å². The molecule has 1 aromatic rings. The lowest BCUT2D eigenvalue weighted by Gasteiger charge is -1.97. The van der Waals surface area contributed by atoms with Crippen molar-refractivity contribution in [1.82, 2.24) is 4.98 Å². The molecule has 0 bridgehead atoms. The van der Waals surface area contributed by atoms with E-state index in [0.29, 0.717) is 0 Å². The molecule has 0 aliphatic carbocycles. The quantitative estimate of drug-likeness (QED) is 0.672. The average Bonchev–Trinajstić information content (AvgIpc) is 2.04. The Bertz CT molecular complexity index is 301. The number of carbonyl (C=O) groups is 2. The molecule has 0 fully saturated rings. The Kier molecular flexibility index (Phi) is 2.05. The van der Waals surface area contributed by atoms with Gasteiger partial charge in [0.05, 0.1) is 5.56 Å². The van der Waals surface area contributed by atoms with Gasteiger partial charge in [-0.05, 0) is 12.1 Å². The molecule has 1 rings (SSSR count). The van der Waals surface area contributed by atoms with Crippen LogP contribution < -0.4 is 0 Å². The maximum absolute atomic E-state index is 10.4. The second-order valence-electron chi connectivity index (χ2n) is 2.01. The highest BCUT2D eigenvalue weighted by Crippen LogP contribution is 2.04. The molecule has 2 N–H and O–H groups in total. The smallest absolute Gasteiger partial charge is 0.355 e. The Labute approximate surface area is 67.3 Å². The molecule has 1 aromatic heterocycles. The highest BCUT2D eigenvalue weighted by atomic mass is 16.4. The fourth-order valence-electron chi connectivity index (χ4n) is 0.748. The number of nitrogens with zero attached hydrogens (tertiary/aromatic N) is 1. The summed E-state index contributed by atoms with van der Waals surface area (Å²) < 4.78 is 0. The lowest BCUT2D eigenvalue weighted by atomic mass is 10.4. The van der Waals surface area contributed by atoms with Crippen molar-refractivity contribution in [3.05, 3.63) is 29.6 Å². The SMILES string of the molecule is O=C(O)c1cccn[14c]1C(=O)O. The summed E-state index contributed by atoms with van der Waals surface area (Å²) in [6, 6.07) is 2.56. The van der Waals surface area contributed by atoms with Gasteiger partial charge in [-0.15, -0.1) is 0 Å². The molecule has 62 valence electrons. The zero-order valence-corrected chi connectivity index (χ0v) is 5.89. The number of pyridine rings is 1. The number of hydrogen-bond acceptors (Lipinski definition) is 3. The Morgan fingerprint density at radius 2 is 2.08 bits per heavy atom. The minimum Gasteiger partial charge on any atom is -0.478 e. The molecule has 5 heteroatoms. The molecule has 5 nitrogen and oxygen atoms in total. The van der Waals surface area contributed by atoms with Gasteiger partial charge in [-0.2, -0.15) is 0 Å². The molecule has 0 spiro atoms. The standard InChI is InChI=1S/C7H5NO4/c9-6(10)4-2-1-3-8-5(4)7(11)12/h1-3H,(H,9,10)(H,11,12)/i5+2. The van der Waals surface area contributed by atoms with E-state index in [9.17, 15) is 9.59 Å². The van der Waals surface area contributed by atoms with Crippen LogP contribution >= 0.6 is 0 Å². The first kappa shape index (κ1) is 8.19. The van der Waals surface area contributed by atoms with E-state index < -0.39 is 17.6 Å². The normalized spacial score (nSPS) is 9.33. The third-order valence-electron chi connectivity index (χ3n) is 1.24. The molecule has 0 amide bonds. The van der Waals surface area contributed by atoms with E-state index in [1.165, 1.54) is 18.3 Å². The molecule has 0 unspecified atom stereocenters. The Balaban J connectivity index is 3.27. The molecule has 0 radical (unpaired) electrons. The second-order valence-corrected chi connectivity index (χ2v) is 2.01. The summed E-state index contributed by atoms with van der Waals surface area (Å²) >= 11 is 0. The molecule has 0 aromatic carbocycles. The lowest BCUT2D eigenvalue weighted by Crippen LogP contribution is -2.09. The maximum atomic E-state index is 10.4. The first-order chi connectivity index (χ1) is 5.63. The van der Waals surface area contributed by atoms with Crippen molar-refractivity contribution in [2.75, 3.05) is 0 Å². The number of carboxylic acids is 2. The van der Waals surface area contributed by atoms with Crippen molar-refractivity contribution in [2.45, 2.75) is 0 Å². The van der Waals surface area contributed by atoms with Crippen LogP contribution in [0.25, 0.3) is 0 Å². The predicted molar refractivity (Wildman–Crippen MR) is 38.2 cm³/mol. The van der Waals surface area contributed by atoms with E-state index in [-0.39, 0.29) is 5.56 Å². The number of carboxylic acid groups (broad SMARTS) is 2. The van der Waals surface area contributed by atoms with Gasteiger partial charge in [-0.25, -0.2) is 14.6 Å². The van der Waals surface area contributed by atoms with Crippen LogP contribution in [0.1, 0.15) is 20.8 Å². The molecule has 12 heavy (non-hydrogen) atoms. The first-order valence-electron chi connectivity index (χ1n) is 3.04. The van der Waals surface area contributed by atoms with E-state index in [2.05, 4.69) is 4.98 Å². The molecule has 0 saturated carbocycles. The summed E-state index contributed by atoms with van der Waals surface area (Å²) in [7, 11) is 0. The predicted octanol–water partition coefficient (Wildman–Crippen LogP) is 0.478. The van der Waals surface area contributed by atoms with E-state index in [1.54, 1.807) is 0 Å². The highest BCUT2D eigenvalue weighted by molar-refractivity contribution is 5.99. The third-order valence-corrected chi connectivity index (χ3v) is 1.24. The lowest BCUT2D eigenvalue weighted by molar-refractivity contribution is 0.0646. The number of hydrogen-bond donors (Lipinski definition) is 2. The van der Waals surface area contributed by atoms with E-state index >= 15 is 0 Å². The number of rotatable bonds is 2. The first-order valence-corrected chi connectivity index (χ1v) is 3.04. The Morgan fingerprint density at radius 1 is 1.42 bits per heavy atom. The summed E-state index contributed by atoms with van der Waals surface area (Å²) in [4.78, 5) is 24.2. The summed E-state index contributed by atoms with van der Waals surface area (Å²) in [6.07, 6.45) is 1.23. The van der Waals surface area contributed by atoms with Gasteiger partial charge < -0.3 is 10.2 Å². The molecule has 1 heterocycles. The van der Waals surface area contributed by atoms with Crippen molar-refractivity contribution in [3.8, 4) is 0 Å². The minimum atomic E-state index is -1.34. The molecular weight excluding hydrogens is 164 g/mol. The summed E-state index contributed by atoms with van der Waals surface area (Å²) in [5, 5.41) is 17.0. The van der Waals surface area contributed by atoms with Gasteiger partial charge in [0.2, 0.25) is 0 Å². The van der Waals surface area contributed by atoms with Gasteiger partial charge in [-0.3, -0.25) is 0 Å². The van der Waals surface area contributed by atoms with E-state index in [4.69, 9.17) is 10.2 Å². The van der Waals surface area contributed by atoms with Crippen LogP contribution in [0.2, 0.25) is 0 Å². The zero-order chi connectivity index (χ0) is 9.14. The van der Waals surface area contributed by atoms with Gasteiger partial charge >= 0.3 is 11.9 Å². The fraction of sp³-hybridized carbons (Fsp3) is 0. The van der Waals surface area contributed by atoms with Gasteiger partial charge in [0, 0.05) is 6.20 Å². The highest BCUT2D eigenvalue weighted by Gasteiger charge is 2.15. The van der Waals surface area contributed by atoms with Gasteiger partial charge in [0.15, 0.2) is 5.69 Å². The third kappa shape index (κ3) is 1.39. The Morgan fingerprint density at radius 3 is 2.50 bits per heavy atom. The van der Waals surface area contributed by atoms with Crippen LogP contribution in [0, 0.1) is 0 Å². The van der Waals surface area contributed by atoms with Crippen LogP contribution in [0.4, 0.5) is 0 Å². The summed E-state index contributed by atoms with van der Waals surface area (Å²) in [5.41, 5.74) is -0.741. The topological polar surface area (TPSA) is 87.5 Å². The van der Waals surface area contributed by atoms with Crippen LogP contribution in [0.3, 0.4) is 0 Å². The van der Waals surface area contributed by atoms with Gasteiger partial charge in [0.1, 0.15) is 0 Å². The number of aromatic carboxylic acids is 2. The molecular formula is C7H5NO4.